The van der Waals surface area contributed by atoms with E-state index in [1.54, 1.807) is 0 Å². The van der Waals surface area contributed by atoms with Crippen molar-refractivity contribution in [3.05, 3.63) is 12.2 Å². The first-order valence-electron chi connectivity index (χ1n) is 10.3. The quantitative estimate of drug-likeness (QED) is 0.167. The molecule has 0 N–H and O–H groups in total. The molecule has 0 aliphatic carbocycles. The molecular weight excluding hydrogens is 284 g/mol. The molecule has 0 aromatic carbocycles. The molecule has 136 valence electrons. The summed E-state index contributed by atoms with van der Waals surface area (Å²) in [4.78, 5) is 0. The minimum absolute atomic E-state index is 0.109. The molecule has 2 atom stereocenters. The predicted molar refractivity (Wildman–Crippen MR) is 99.7 cm³/mol. The summed E-state index contributed by atoms with van der Waals surface area (Å²) < 4.78 is 10.8. The highest BCUT2D eigenvalue weighted by molar-refractivity contribution is 4.81. The maximum Gasteiger partial charge on any atom is 0.184 e. The van der Waals surface area contributed by atoms with E-state index >= 15 is 0 Å². The lowest BCUT2D eigenvalue weighted by Crippen LogP contribution is -1.99. The van der Waals surface area contributed by atoms with Crippen LogP contribution in [-0.4, -0.2) is 19.0 Å². The van der Waals surface area contributed by atoms with Crippen molar-refractivity contribution >= 4 is 0 Å². The van der Waals surface area contributed by atoms with E-state index in [0.717, 1.165) is 6.61 Å². The molecule has 1 aliphatic rings. The number of unbranched alkanes of at least 4 members (excludes halogenated alkanes) is 12. The summed E-state index contributed by atoms with van der Waals surface area (Å²) in [7, 11) is 0. The van der Waals surface area contributed by atoms with Crippen molar-refractivity contribution in [2.24, 2.45) is 0 Å². The highest BCUT2D eigenvalue weighted by Gasteiger charge is 2.34. The lowest BCUT2D eigenvalue weighted by Gasteiger charge is -2.01. The molecule has 0 spiro atoms. The summed E-state index contributed by atoms with van der Waals surface area (Å²) in [5, 5.41) is 0. The highest BCUT2D eigenvalue weighted by atomic mass is 16.8. The van der Waals surface area contributed by atoms with Crippen LogP contribution in [0.3, 0.4) is 0 Å². The molecule has 1 aliphatic heterocycles. The molecule has 1 fully saturated rings. The van der Waals surface area contributed by atoms with Gasteiger partial charge in [-0.3, -0.25) is 0 Å². The van der Waals surface area contributed by atoms with Crippen molar-refractivity contribution in [1.82, 2.24) is 0 Å². The second-order valence-corrected chi connectivity index (χ2v) is 7.02. The SMILES string of the molecule is CCCCCCCC/C=C\CCCCCCCCOC1OC1C. The van der Waals surface area contributed by atoms with Gasteiger partial charge in [0, 0.05) is 6.61 Å². The van der Waals surface area contributed by atoms with Crippen LogP contribution in [0.25, 0.3) is 0 Å². The summed E-state index contributed by atoms with van der Waals surface area (Å²) in [5.74, 6) is 0. The van der Waals surface area contributed by atoms with Gasteiger partial charge in [-0.1, -0.05) is 76.9 Å². The Labute approximate surface area is 145 Å². The standard InChI is InChI=1S/C21H40O2/c1-3-4-5-6-7-8-9-10-11-12-13-14-15-16-17-18-19-22-21-20(2)23-21/h10-11,20-21H,3-9,12-19H2,1-2H3/b11-10-. The van der Waals surface area contributed by atoms with E-state index in [9.17, 15) is 0 Å². The molecule has 0 aromatic heterocycles. The molecular formula is C21H40O2. The summed E-state index contributed by atoms with van der Waals surface area (Å²) in [6, 6.07) is 0. The third-order valence-electron chi connectivity index (χ3n) is 4.59. The van der Waals surface area contributed by atoms with Crippen LogP contribution in [0.4, 0.5) is 0 Å². The van der Waals surface area contributed by atoms with Crippen LogP contribution in [0.5, 0.6) is 0 Å². The maximum absolute atomic E-state index is 5.55. The van der Waals surface area contributed by atoms with E-state index in [0.29, 0.717) is 6.10 Å². The zero-order valence-electron chi connectivity index (χ0n) is 15.7. The van der Waals surface area contributed by atoms with Crippen molar-refractivity contribution in [3.63, 3.8) is 0 Å². The van der Waals surface area contributed by atoms with Gasteiger partial charge in [-0.05, 0) is 39.0 Å². The normalized spacial score (nSPS) is 20.4. The van der Waals surface area contributed by atoms with Gasteiger partial charge in [-0.25, -0.2) is 0 Å². The first-order valence-corrected chi connectivity index (χ1v) is 10.3. The number of allylic oxidation sites excluding steroid dienone is 2. The molecule has 1 rings (SSSR count). The average Bonchev–Trinajstić information content (AvgIpc) is 3.26. The second-order valence-electron chi connectivity index (χ2n) is 7.02. The molecule has 2 nitrogen and oxygen atoms in total. The van der Waals surface area contributed by atoms with Crippen LogP contribution in [0, 0.1) is 0 Å². The Morgan fingerprint density at radius 3 is 1.74 bits per heavy atom. The molecule has 0 amide bonds. The van der Waals surface area contributed by atoms with Gasteiger partial charge in [0.2, 0.25) is 0 Å². The fraction of sp³-hybridized carbons (Fsp3) is 0.905. The zero-order valence-corrected chi connectivity index (χ0v) is 15.7. The van der Waals surface area contributed by atoms with Gasteiger partial charge < -0.3 is 9.47 Å². The van der Waals surface area contributed by atoms with Crippen molar-refractivity contribution in [2.45, 2.75) is 116 Å². The van der Waals surface area contributed by atoms with Gasteiger partial charge in [-0.2, -0.15) is 0 Å². The van der Waals surface area contributed by atoms with E-state index in [4.69, 9.17) is 9.47 Å². The number of rotatable bonds is 17. The van der Waals surface area contributed by atoms with Gasteiger partial charge in [0.15, 0.2) is 6.29 Å². The Balaban J connectivity index is 1.66. The molecule has 0 aromatic rings. The minimum Gasteiger partial charge on any atom is -0.350 e. The lowest BCUT2D eigenvalue weighted by atomic mass is 10.1. The molecule has 0 bridgehead atoms. The van der Waals surface area contributed by atoms with E-state index in [1.807, 2.05) is 0 Å². The maximum atomic E-state index is 5.55. The monoisotopic (exact) mass is 324 g/mol. The molecule has 2 heteroatoms. The predicted octanol–water partition coefficient (Wildman–Crippen LogP) is 6.79. The number of epoxide rings is 1. The Morgan fingerprint density at radius 1 is 0.739 bits per heavy atom. The van der Waals surface area contributed by atoms with Crippen LogP contribution >= 0.6 is 0 Å². The largest absolute Gasteiger partial charge is 0.350 e. The molecule has 1 heterocycles. The Hall–Kier alpha value is -0.340. The van der Waals surface area contributed by atoms with Crippen LogP contribution in [0.2, 0.25) is 0 Å². The van der Waals surface area contributed by atoms with E-state index in [1.165, 1.54) is 89.9 Å². The van der Waals surface area contributed by atoms with E-state index < -0.39 is 0 Å². The summed E-state index contributed by atoms with van der Waals surface area (Å²) in [6.45, 7) is 5.21. The Bertz CT molecular complexity index is 275. The fourth-order valence-corrected chi connectivity index (χ4v) is 2.89. The highest BCUT2D eigenvalue weighted by Crippen LogP contribution is 2.22. The summed E-state index contributed by atoms with van der Waals surface area (Å²) >= 11 is 0. The van der Waals surface area contributed by atoms with Gasteiger partial charge in [0.25, 0.3) is 0 Å². The zero-order chi connectivity index (χ0) is 16.6. The molecule has 0 saturated carbocycles. The Kier molecular flexibility index (Phi) is 13.7. The summed E-state index contributed by atoms with van der Waals surface area (Å²) in [6.07, 6.45) is 24.2. The van der Waals surface area contributed by atoms with Crippen LogP contribution in [0.15, 0.2) is 12.2 Å². The van der Waals surface area contributed by atoms with Crippen molar-refractivity contribution in [3.8, 4) is 0 Å². The smallest absolute Gasteiger partial charge is 0.184 e. The van der Waals surface area contributed by atoms with Crippen molar-refractivity contribution < 1.29 is 9.47 Å². The first kappa shape index (κ1) is 20.7. The molecule has 1 saturated heterocycles. The first-order chi connectivity index (χ1) is 11.3. The topological polar surface area (TPSA) is 21.8 Å². The molecule has 23 heavy (non-hydrogen) atoms. The minimum atomic E-state index is 0.109. The van der Waals surface area contributed by atoms with Crippen molar-refractivity contribution in [2.75, 3.05) is 6.61 Å². The fourth-order valence-electron chi connectivity index (χ4n) is 2.89. The van der Waals surface area contributed by atoms with Gasteiger partial charge >= 0.3 is 0 Å². The molecule has 2 unspecified atom stereocenters. The molecule has 0 radical (unpaired) electrons. The average molecular weight is 325 g/mol. The number of hydrogen-bond donors (Lipinski definition) is 0. The number of hydrogen-bond acceptors (Lipinski definition) is 2. The van der Waals surface area contributed by atoms with Gasteiger partial charge in [-0.15, -0.1) is 0 Å². The third kappa shape index (κ3) is 13.8. The van der Waals surface area contributed by atoms with Gasteiger partial charge in [0.05, 0.1) is 0 Å². The van der Waals surface area contributed by atoms with Crippen LogP contribution < -0.4 is 0 Å². The van der Waals surface area contributed by atoms with Gasteiger partial charge in [0.1, 0.15) is 6.10 Å². The van der Waals surface area contributed by atoms with E-state index in [2.05, 4.69) is 26.0 Å². The lowest BCUT2D eigenvalue weighted by molar-refractivity contribution is 0.0478. The number of ether oxygens (including phenoxy) is 2. The van der Waals surface area contributed by atoms with Crippen LogP contribution in [0.1, 0.15) is 104 Å². The summed E-state index contributed by atoms with van der Waals surface area (Å²) in [5.41, 5.74) is 0. The van der Waals surface area contributed by atoms with E-state index in [-0.39, 0.29) is 6.29 Å². The third-order valence-corrected chi connectivity index (χ3v) is 4.59. The van der Waals surface area contributed by atoms with Crippen LogP contribution in [-0.2, 0) is 9.47 Å². The Morgan fingerprint density at radius 2 is 1.22 bits per heavy atom. The van der Waals surface area contributed by atoms with Crippen molar-refractivity contribution in [1.29, 1.82) is 0 Å². The second kappa shape index (κ2) is 15.2.